The summed E-state index contributed by atoms with van der Waals surface area (Å²) in [6.45, 7) is 0. The van der Waals surface area contributed by atoms with Gasteiger partial charge in [0.2, 0.25) is 0 Å². The molecule has 1 heterocycles. The molecular weight excluding hydrogens is 208 g/mol. The van der Waals surface area contributed by atoms with E-state index in [9.17, 15) is 17.8 Å². The number of imidazole rings is 1. The average molecular weight is 213 g/mol. The van der Waals surface area contributed by atoms with Crippen molar-refractivity contribution in [3.63, 3.8) is 0 Å². The zero-order valence-electron chi connectivity index (χ0n) is 6.77. The monoisotopic (exact) mass is 213 g/mol. The molecular formula is C7H5N2O4S-. The first-order chi connectivity index (χ1) is 6.47. The van der Waals surface area contributed by atoms with E-state index in [1.807, 2.05) is 0 Å². The van der Waals surface area contributed by atoms with Gasteiger partial charge >= 0.3 is 5.69 Å². The van der Waals surface area contributed by atoms with Gasteiger partial charge in [-0.3, -0.25) is 0 Å². The molecule has 0 atom stereocenters. The number of aromatic amines is 2. The van der Waals surface area contributed by atoms with Gasteiger partial charge in [-0.2, -0.15) is 0 Å². The van der Waals surface area contributed by atoms with Gasteiger partial charge in [0.25, 0.3) is 0 Å². The Morgan fingerprint density at radius 3 is 2.43 bits per heavy atom. The third-order valence-electron chi connectivity index (χ3n) is 1.78. The fourth-order valence-electron chi connectivity index (χ4n) is 1.17. The van der Waals surface area contributed by atoms with Gasteiger partial charge < -0.3 is 14.5 Å². The average Bonchev–Trinajstić information content (AvgIpc) is 2.41. The molecule has 0 bridgehead atoms. The maximum atomic E-state index is 10.8. The Labute approximate surface area is 78.3 Å². The van der Waals surface area contributed by atoms with Crippen LogP contribution in [0.1, 0.15) is 0 Å². The predicted molar refractivity (Wildman–Crippen MR) is 46.9 cm³/mol. The van der Waals surface area contributed by atoms with Gasteiger partial charge in [0.15, 0.2) is 0 Å². The normalized spacial score (nSPS) is 12.1. The van der Waals surface area contributed by atoms with Gasteiger partial charge in [-0.25, -0.2) is 13.2 Å². The lowest BCUT2D eigenvalue weighted by atomic mass is 10.3. The van der Waals surface area contributed by atoms with Crippen molar-refractivity contribution in [2.75, 3.05) is 0 Å². The topological polar surface area (TPSA) is 106 Å². The summed E-state index contributed by atoms with van der Waals surface area (Å²) in [7, 11) is -4.47. The number of rotatable bonds is 1. The number of benzene rings is 1. The zero-order chi connectivity index (χ0) is 10.3. The molecule has 0 fully saturated rings. The standard InChI is InChI=1S/C7H6N2O4S/c10-7-8-5-2-1-4(14(11,12)13)3-6(5)9-7/h1-3H,(H2,8,9,10)(H,11,12,13)/p-1. The number of H-pyrrole nitrogens is 2. The molecule has 1 aromatic carbocycles. The smallest absolute Gasteiger partial charge is 0.323 e. The van der Waals surface area contributed by atoms with Crippen LogP contribution in [0.25, 0.3) is 11.0 Å². The predicted octanol–water partition coefficient (Wildman–Crippen LogP) is -0.240. The minimum absolute atomic E-state index is 0.298. The third-order valence-corrected chi connectivity index (χ3v) is 2.61. The van der Waals surface area contributed by atoms with Crippen LogP contribution < -0.4 is 5.69 Å². The molecule has 2 rings (SSSR count). The van der Waals surface area contributed by atoms with Crippen LogP contribution in [0, 0.1) is 0 Å². The van der Waals surface area contributed by atoms with E-state index in [-0.39, 0.29) is 4.90 Å². The van der Waals surface area contributed by atoms with E-state index in [0.29, 0.717) is 11.0 Å². The van der Waals surface area contributed by atoms with Crippen LogP contribution in [0.15, 0.2) is 27.9 Å². The molecule has 0 unspecified atom stereocenters. The molecule has 0 amide bonds. The summed E-state index contributed by atoms with van der Waals surface area (Å²) in [5.41, 5.74) is 0.315. The molecule has 1 aromatic heterocycles. The van der Waals surface area contributed by atoms with Crippen molar-refractivity contribution < 1.29 is 13.0 Å². The van der Waals surface area contributed by atoms with Crippen LogP contribution in [-0.2, 0) is 10.1 Å². The lowest BCUT2D eigenvalue weighted by Crippen LogP contribution is -1.99. The molecule has 6 nitrogen and oxygen atoms in total. The summed E-state index contributed by atoms with van der Waals surface area (Å²) in [5, 5.41) is 0. The zero-order valence-corrected chi connectivity index (χ0v) is 7.59. The van der Waals surface area contributed by atoms with E-state index in [1.54, 1.807) is 0 Å². The molecule has 14 heavy (non-hydrogen) atoms. The summed E-state index contributed by atoms with van der Waals surface area (Å²) in [5.74, 6) is 0. The molecule has 74 valence electrons. The fourth-order valence-corrected chi connectivity index (χ4v) is 1.66. The van der Waals surface area contributed by atoms with Crippen LogP contribution in [0.5, 0.6) is 0 Å². The highest BCUT2D eigenvalue weighted by Gasteiger charge is 2.04. The van der Waals surface area contributed by atoms with E-state index in [4.69, 9.17) is 0 Å². The fraction of sp³-hybridized carbons (Fsp3) is 0. The van der Waals surface area contributed by atoms with E-state index in [0.717, 1.165) is 12.1 Å². The van der Waals surface area contributed by atoms with Crippen LogP contribution >= 0.6 is 0 Å². The van der Waals surface area contributed by atoms with Crippen molar-refractivity contribution in [3.8, 4) is 0 Å². The Morgan fingerprint density at radius 2 is 1.79 bits per heavy atom. The highest BCUT2D eigenvalue weighted by molar-refractivity contribution is 7.85. The number of aromatic nitrogens is 2. The van der Waals surface area contributed by atoms with Gasteiger partial charge in [-0.05, 0) is 18.2 Å². The second kappa shape index (κ2) is 2.69. The first-order valence-corrected chi connectivity index (χ1v) is 5.05. The molecule has 0 saturated heterocycles. The Balaban J connectivity index is 2.80. The summed E-state index contributed by atoms with van der Waals surface area (Å²) in [6.07, 6.45) is 0. The molecule has 2 N–H and O–H groups in total. The van der Waals surface area contributed by atoms with Crippen molar-refractivity contribution in [1.29, 1.82) is 0 Å². The van der Waals surface area contributed by atoms with E-state index in [1.165, 1.54) is 6.07 Å². The highest BCUT2D eigenvalue weighted by Crippen LogP contribution is 2.13. The summed E-state index contributed by atoms with van der Waals surface area (Å²) in [4.78, 5) is 15.2. The number of hydrogen-bond donors (Lipinski definition) is 2. The lowest BCUT2D eigenvalue weighted by molar-refractivity contribution is 0.463. The molecule has 2 aromatic rings. The second-order valence-electron chi connectivity index (χ2n) is 2.74. The van der Waals surface area contributed by atoms with Crippen molar-refractivity contribution in [1.82, 2.24) is 9.97 Å². The van der Waals surface area contributed by atoms with Crippen LogP contribution in [0.4, 0.5) is 0 Å². The molecule has 0 radical (unpaired) electrons. The maximum Gasteiger partial charge on any atom is 0.323 e. The minimum atomic E-state index is -4.47. The van der Waals surface area contributed by atoms with E-state index >= 15 is 0 Å². The van der Waals surface area contributed by atoms with Crippen LogP contribution in [0.3, 0.4) is 0 Å². The molecule has 0 aliphatic carbocycles. The number of nitrogens with one attached hydrogen (secondary N) is 2. The van der Waals surface area contributed by atoms with Gasteiger partial charge in [0.1, 0.15) is 10.1 Å². The van der Waals surface area contributed by atoms with Gasteiger partial charge in [-0.15, -0.1) is 0 Å². The van der Waals surface area contributed by atoms with Gasteiger partial charge in [-0.1, -0.05) is 0 Å². The SMILES string of the molecule is O=c1[nH]c2ccc(S(=O)(=O)[O-])cc2[nH]1. The van der Waals surface area contributed by atoms with Crippen molar-refractivity contribution in [2.24, 2.45) is 0 Å². The van der Waals surface area contributed by atoms with E-state index < -0.39 is 15.8 Å². The molecule has 0 spiro atoms. The van der Waals surface area contributed by atoms with Crippen LogP contribution in [-0.4, -0.2) is 22.9 Å². The summed E-state index contributed by atoms with van der Waals surface area (Å²) < 4.78 is 31.9. The Kier molecular flexibility index (Phi) is 1.73. The largest absolute Gasteiger partial charge is 0.744 e. The summed E-state index contributed by atoms with van der Waals surface area (Å²) >= 11 is 0. The number of fused-ring (bicyclic) bond motifs is 1. The lowest BCUT2D eigenvalue weighted by Gasteiger charge is -2.05. The Bertz CT molecular complexity index is 637. The molecule has 0 aliphatic heterocycles. The second-order valence-corrected chi connectivity index (χ2v) is 4.12. The van der Waals surface area contributed by atoms with Crippen molar-refractivity contribution in [3.05, 3.63) is 28.7 Å². The summed E-state index contributed by atoms with van der Waals surface area (Å²) in [6, 6.07) is 3.63. The quantitative estimate of drug-likeness (QED) is 0.637. The molecule has 0 saturated carbocycles. The first kappa shape index (κ1) is 8.97. The third kappa shape index (κ3) is 1.42. The van der Waals surface area contributed by atoms with E-state index in [2.05, 4.69) is 9.97 Å². The highest BCUT2D eigenvalue weighted by atomic mass is 32.2. The number of hydrogen-bond acceptors (Lipinski definition) is 4. The maximum absolute atomic E-state index is 10.8. The van der Waals surface area contributed by atoms with Gasteiger partial charge in [0, 0.05) is 0 Å². The van der Waals surface area contributed by atoms with Crippen LogP contribution in [0.2, 0.25) is 0 Å². The first-order valence-electron chi connectivity index (χ1n) is 3.65. The van der Waals surface area contributed by atoms with Crippen molar-refractivity contribution in [2.45, 2.75) is 4.90 Å². The Hall–Kier alpha value is -1.60. The molecule has 0 aliphatic rings. The van der Waals surface area contributed by atoms with Crippen molar-refractivity contribution >= 4 is 21.2 Å². The molecule has 7 heteroatoms. The van der Waals surface area contributed by atoms with Gasteiger partial charge in [0.05, 0.1) is 15.9 Å². The minimum Gasteiger partial charge on any atom is -0.744 e. The Morgan fingerprint density at radius 1 is 1.14 bits per heavy atom.